The minimum absolute atomic E-state index is 0.986. The van der Waals surface area contributed by atoms with E-state index < -0.39 is 0 Å². The molecule has 1 N–H and O–H groups in total. The Labute approximate surface area is 118 Å². The molecule has 1 aliphatic rings. The highest BCUT2D eigenvalue weighted by Crippen LogP contribution is 2.09. The molecule has 102 valence electrons. The van der Waals surface area contributed by atoms with E-state index in [1.165, 1.54) is 10.7 Å². The fraction of sp³-hybridized carbons (Fsp3) is 0.500. The number of hydrogen-bond donors (Lipinski definition) is 1. The van der Waals surface area contributed by atoms with Crippen molar-refractivity contribution in [3.8, 4) is 0 Å². The number of imidazole rings is 1. The van der Waals surface area contributed by atoms with Crippen molar-refractivity contribution in [2.45, 2.75) is 19.5 Å². The van der Waals surface area contributed by atoms with Gasteiger partial charge in [-0.25, -0.2) is 4.98 Å². The molecular formula is C14H20N4S. The Morgan fingerprint density at radius 2 is 2.32 bits per heavy atom. The fourth-order valence-corrected chi connectivity index (χ4v) is 3.15. The standard InChI is InChI=1S/C14H20N4S/c1-2-13(19-11-1)3-4-15-5-7-17-9-10-18-8-6-16-14(18)12-17/h1-2,6,8,11,15H,3-5,7,9-10,12H2. The van der Waals surface area contributed by atoms with Crippen LogP contribution in [-0.2, 0) is 19.5 Å². The van der Waals surface area contributed by atoms with Crippen LogP contribution in [0.15, 0.2) is 29.9 Å². The van der Waals surface area contributed by atoms with E-state index in [-0.39, 0.29) is 0 Å². The first kappa shape index (κ1) is 12.8. The van der Waals surface area contributed by atoms with Gasteiger partial charge in [0.2, 0.25) is 0 Å². The Kier molecular flexibility index (Phi) is 4.27. The van der Waals surface area contributed by atoms with Crippen LogP contribution in [0.2, 0.25) is 0 Å². The van der Waals surface area contributed by atoms with Crippen molar-refractivity contribution in [2.75, 3.05) is 26.2 Å². The van der Waals surface area contributed by atoms with Crippen molar-refractivity contribution < 1.29 is 0 Å². The SMILES string of the molecule is c1csc(CCNCCN2CCn3ccnc3C2)c1. The lowest BCUT2D eigenvalue weighted by molar-refractivity contribution is 0.217. The Bertz CT molecular complexity index is 491. The Morgan fingerprint density at radius 3 is 3.21 bits per heavy atom. The number of hydrogen-bond acceptors (Lipinski definition) is 4. The summed E-state index contributed by atoms with van der Waals surface area (Å²) in [5, 5.41) is 5.67. The lowest BCUT2D eigenvalue weighted by atomic mass is 10.3. The topological polar surface area (TPSA) is 33.1 Å². The van der Waals surface area contributed by atoms with Crippen LogP contribution >= 0.6 is 11.3 Å². The highest BCUT2D eigenvalue weighted by molar-refractivity contribution is 7.09. The largest absolute Gasteiger partial charge is 0.333 e. The lowest BCUT2D eigenvalue weighted by Crippen LogP contribution is -2.38. The van der Waals surface area contributed by atoms with Gasteiger partial charge in [0.1, 0.15) is 5.82 Å². The summed E-state index contributed by atoms with van der Waals surface area (Å²) in [5.41, 5.74) is 0. The molecule has 0 radical (unpaired) electrons. The average molecular weight is 276 g/mol. The maximum atomic E-state index is 4.39. The van der Waals surface area contributed by atoms with Gasteiger partial charge >= 0.3 is 0 Å². The van der Waals surface area contributed by atoms with Crippen LogP contribution in [0.25, 0.3) is 0 Å². The van der Waals surface area contributed by atoms with Crippen LogP contribution in [0.5, 0.6) is 0 Å². The molecule has 3 rings (SSSR count). The minimum atomic E-state index is 0.986. The molecule has 2 aromatic heterocycles. The molecule has 0 unspecified atom stereocenters. The first-order chi connectivity index (χ1) is 9.42. The minimum Gasteiger partial charge on any atom is -0.333 e. The van der Waals surface area contributed by atoms with E-state index in [0.29, 0.717) is 0 Å². The number of aromatic nitrogens is 2. The van der Waals surface area contributed by atoms with E-state index >= 15 is 0 Å². The third-order valence-electron chi connectivity index (χ3n) is 3.56. The van der Waals surface area contributed by atoms with Crippen LogP contribution in [0, 0.1) is 0 Å². The van der Waals surface area contributed by atoms with Crippen molar-refractivity contribution >= 4 is 11.3 Å². The van der Waals surface area contributed by atoms with Gasteiger partial charge in [0.05, 0.1) is 6.54 Å². The molecular weight excluding hydrogens is 256 g/mol. The molecule has 0 amide bonds. The second-order valence-electron chi connectivity index (χ2n) is 4.89. The number of nitrogens with zero attached hydrogens (tertiary/aromatic N) is 3. The summed E-state index contributed by atoms with van der Waals surface area (Å²) < 4.78 is 2.25. The van der Waals surface area contributed by atoms with Crippen molar-refractivity contribution in [3.05, 3.63) is 40.6 Å². The van der Waals surface area contributed by atoms with Gasteiger partial charge in [-0.15, -0.1) is 11.3 Å². The molecule has 2 aromatic rings. The highest BCUT2D eigenvalue weighted by atomic mass is 32.1. The molecule has 19 heavy (non-hydrogen) atoms. The number of nitrogens with one attached hydrogen (secondary N) is 1. The second-order valence-corrected chi connectivity index (χ2v) is 5.92. The molecule has 0 aromatic carbocycles. The van der Waals surface area contributed by atoms with Gasteiger partial charge in [-0.3, -0.25) is 4.90 Å². The van der Waals surface area contributed by atoms with Crippen LogP contribution in [0.3, 0.4) is 0 Å². The van der Waals surface area contributed by atoms with Gasteiger partial charge in [0.15, 0.2) is 0 Å². The maximum Gasteiger partial charge on any atom is 0.122 e. The van der Waals surface area contributed by atoms with E-state index in [1.807, 2.05) is 17.5 Å². The molecule has 0 saturated heterocycles. The predicted octanol–water partition coefficient (Wildman–Crippen LogP) is 1.59. The normalized spacial score (nSPS) is 15.6. The summed E-state index contributed by atoms with van der Waals surface area (Å²) in [6, 6.07) is 4.33. The number of rotatable bonds is 6. The monoisotopic (exact) mass is 276 g/mol. The van der Waals surface area contributed by atoms with Crippen molar-refractivity contribution in [2.24, 2.45) is 0 Å². The molecule has 0 spiro atoms. The van der Waals surface area contributed by atoms with Gasteiger partial charge < -0.3 is 9.88 Å². The molecule has 0 saturated carbocycles. The third kappa shape index (κ3) is 3.43. The molecule has 1 aliphatic heterocycles. The Morgan fingerprint density at radius 1 is 1.32 bits per heavy atom. The van der Waals surface area contributed by atoms with Crippen molar-refractivity contribution in [3.63, 3.8) is 0 Å². The lowest BCUT2D eigenvalue weighted by Gasteiger charge is -2.27. The Balaban J connectivity index is 1.33. The summed E-state index contributed by atoms with van der Waals surface area (Å²) in [6.45, 7) is 6.44. The maximum absolute atomic E-state index is 4.39. The number of thiophene rings is 1. The molecule has 0 atom stereocenters. The zero-order valence-electron chi connectivity index (χ0n) is 11.1. The molecule has 0 aliphatic carbocycles. The molecule has 0 bridgehead atoms. The summed E-state index contributed by atoms with van der Waals surface area (Å²) in [5.74, 6) is 1.20. The fourth-order valence-electron chi connectivity index (χ4n) is 2.44. The first-order valence-electron chi connectivity index (χ1n) is 6.87. The van der Waals surface area contributed by atoms with Crippen molar-refractivity contribution in [1.29, 1.82) is 0 Å². The molecule has 5 heteroatoms. The predicted molar refractivity (Wildman–Crippen MR) is 78.4 cm³/mol. The van der Waals surface area contributed by atoms with E-state index in [9.17, 15) is 0 Å². The average Bonchev–Trinajstić information content (AvgIpc) is 3.08. The van der Waals surface area contributed by atoms with Crippen molar-refractivity contribution in [1.82, 2.24) is 19.8 Å². The second kappa shape index (κ2) is 6.32. The van der Waals surface area contributed by atoms with Gasteiger partial charge in [0, 0.05) is 50.0 Å². The summed E-state index contributed by atoms with van der Waals surface area (Å²) >= 11 is 1.84. The third-order valence-corrected chi connectivity index (χ3v) is 4.49. The molecule has 3 heterocycles. The summed E-state index contributed by atoms with van der Waals surface area (Å²) in [6.07, 6.45) is 5.12. The Hall–Kier alpha value is -1.17. The van der Waals surface area contributed by atoms with Gasteiger partial charge in [-0.05, 0) is 17.9 Å². The van der Waals surface area contributed by atoms with Gasteiger partial charge in [-0.1, -0.05) is 6.07 Å². The molecule has 0 fully saturated rings. The highest BCUT2D eigenvalue weighted by Gasteiger charge is 2.15. The number of fused-ring (bicyclic) bond motifs is 1. The van der Waals surface area contributed by atoms with E-state index in [1.54, 1.807) is 0 Å². The zero-order chi connectivity index (χ0) is 12.9. The molecule has 4 nitrogen and oxygen atoms in total. The zero-order valence-corrected chi connectivity index (χ0v) is 11.9. The van der Waals surface area contributed by atoms with Gasteiger partial charge in [-0.2, -0.15) is 0 Å². The van der Waals surface area contributed by atoms with E-state index in [0.717, 1.165) is 45.7 Å². The van der Waals surface area contributed by atoms with Crippen LogP contribution in [0.1, 0.15) is 10.7 Å². The summed E-state index contributed by atoms with van der Waals surface area (Å²) in [7, 11) is 0. The van der Waals surface area contributed by atoms with E-state index in [2.05, 4.69) is 43.5 Å². The quantitative estimate of drug-likeness (QED) is 0.814. The summed E-state index contributed by atoms with van der Waals surface area (Å²) in [4.78, 5) is 8.33. The van der Waals surface area contributed by atoms with Crippen LogP contribution < -0.4 is 5.32 Å². The smallest absolute Gasteiger partial charge is 0.122 e. The van der Waals surface area contributed by atoms with Crippen LogP contribution in [-0.4, -0.2) is 40.6 Å². The van der Waals surface area contributed by atoms with Crippen LogP contribution in [0.4, 0.5) is 0 Å². The van der Waals surface area contributed by atoms with E-state index in [4.69, 9.17) is 0 Å². The first-order valence-corrected chi connectivity index (χ1v) is 7.75. The van der Waals surface area contributed by atoms with Gasteiger partial charge in [0.25, 0.3) is 0 Å².